The van der Waals surface area contributed by atoms with Gasteiger partial charge in [-0.1, -0.05) is 36.4 Å². The fourth-order valence-corrected chi connectivity index (χ4v) is 10.3. The number of rotatable bonds is 0. The fourth-order valence-electron chi connectivity index (χ4n) is 8.00. The molecule has 172 valence electrons. The SMILES string of the molecule is O=C1NC(=O)c2c1c1c3ccccc3n3c1c1c2c2ccccc2n1C1CC3[C@H]2CS(=O)(=O)C[C@@H]12. The summed E-state index contributed by atoms with van der Waals surface area (Å²) in [6.07, 6.45) is 0.839. The molecule has 0 radical (unpaired) electrons. The van der Waals surface area contributed by atoms with Crippen LogP contribution >= 0.6 is 0 Å². The number of hydrogen-bond donors (Lipinski definition) is 1. The number of imide groups is 1. The average molecular weight is 482 g/mol. The smallest absolute Gasteiger partial charge is 0.259 e. The highest BCUT2D eigenvalue weighted by atomic mass is 32.2. The van der Waals surface area contributed by atoms with Crippen molar-refractivity contribution in [2.45, 2.75) is 18.5 Å². The zero-order valence-electron chi connectivity index (χ0n) is 18.5. The van der Waals surface area contributed by atoms with E-state index < -0.39 is 9.84 Å². The standard InChI is InChI=1S/C27H19N3O4S/c31-26-22-20-12-5-1-3-7-16(12)29-18-9-19(15-11-35(33,34)10-14(15)18)30-17-8-4-2-6-13(17)21(25(30)24(20)29)23(22)27(32)28-26/h1-8,14-15,18-19H,9-11H2,(H,28,31,32)/t14-,15+,18?,19?. The van der Waals surface area contributed by atoms with Gasteiger partial charge in [0, 0.05) is 44.7 Å². The first kappa shape index (κ1) is 18.6. The Morgan fingerprint density at radius 2 is 1.17 bits per heavy atom. The van der Waals surface area contributed by atoms with Crippen LogP contribution in [0.1, 0.15) is 39.2 Å². The molecular weight excluding hydrogens is 462 g/mol. The van der Waals surface area contributed by atoms with Crippen molar-refractivity contribution in [1.82, 2.24) is 14.5 Å². The van der Waals surface area contributed by atoms with E-state index in [4.69, 9.17) is 0 Å². The molecule has 9 rings (SSSR count). The molecule has 35 heavy (non-hydrogen) atoms. The van der Waals surface area contributed by atoms with Crippen LogP contribution in [-0.4, -0.2) is 40.9 Å². The van der Waals surface area contributed by atoms with Crippen LogP contribution in [0, 0.1) is 11.8 Å². The van der Waals surface area contributed by atoms with Gasteiger partial charge < -0.3 is 9.13 Å². The third-order valence-corrected chi connectivity index (χ3v) is 10.8. The predicted octanol–water partition coefficient (Wildman–Crippen LogP) is 3.95. The monoisotopic (exact) mass is 481 g/mol. The van der Waals surface area contributed by atoms with Crippen molar-refractivity contribution in [1.29, 1.82) is 0 Å². The van der Waals surface area contributed by atoms with Crippen LogP contribution in [0.3, 0.4) is 0 Å². The molecule has 3 aliphatic heterocycles. The first-order chi connectivity index (χ1) is 16.9. The second kappa shape index (κ2) is 5.60. The summed E-state index contributed by atoms with van der Waals surface area (Å²) in [7, 11) is -3.13. The van der Waals surface area contributed by atoms with Crippen molar-refractivity contribution >= 4 is 65.3 Å². The Hall–Kier alpha value is -3.65. The highest BCUT2D eigenvalue weighted by Crippen LogP contribution is 2.59. The second-order valence-corrected chi connectivity index (χ2v) is 12.7. The molecule has 7 nitrogen and oxygen atoms in total. The Morgan fingerprint density at radius 3 is 1.66 bits per heavy atom. The van der Waals surface area contributed by atoms with Gasteiger partial charge in [0.1, 0.15) is 0 Å². The summed E-state index contributed by atoms with van der Waals surface area (Å²) < 4.78 is 30.4. The molecule has 5 aromatic rings. The molecule has 2 unspecified atom stereocenters. The number of hydrogen-bond acceptors (Lipinski definition) is 4. The summed E-state index contributed by atoms with van der Waals surface area (Å²) in [4.78, 5) is 26.5. The topological polar surface area (TPSA) is 90.2 Å². The quantitative estimate of drug-likeness (QED) is 0.339. The molecule has 3 aromatic carbocycles. The summed E-state index contributed by atoms with van der Waals surface area (Å²) in [5.41, 5.74) is 4.80. The normalized spacial score (nSPS) is 27.9. The number of sulfone groups is 1. The van der Waals surface area contributed by atoms with Gasteiger partial charge in [0.05, 0.1) is 33.7 Å². The van der Waals surface area contributed by atoms with Gasteiger partial charge in [-0.25, -0.2) is 8.42 Å². The third kappa shape index (κ3) is 1.93. The molecule has 5 heterocycles. The molecule has 1 N–H and O–H groups in total. The largest absolute Gasteiger partial charge is 0.335 e. The molecule has 1 saturated heterocycles. The van der Waals surface area contributed by atoms with E-state index in [1.807, 2.05) is 36.4 Å². The number of nitrogens with one attached hydrogen (secondary N) is 1. The van der Waals surface area contributed by atoms with Crippen LogP contribution in [0.25, 0.3) is 43.6 Å². The van der Waals surface area contributed by atoms with E-state index in [9.17, 15) is 18.0 Å². The van der Waals surface area contributed by atoms with E-state index in [0.717, 1.165) is 50.0 Å². The van der Waals surface area contributed by atoms with Crippen molar-refractivity contribution in [2.24, 2.45) is 11.8 Å². The Bertz CT molecular complexity index is 1860. The molecule has 4 atom stereocenters. The minimum atomic E-state index is -3.13. The van der Waals surface area contributed by atoms with Crippen molar-refractivity contribution in [3.63, 3.8) is 0 Å². The molecule has 2 aromatic heterocycles. The van der Waals surface area contributed by atoms with E-state index >= 15 is 0 Å². The lowest BCUT2D eigenvalue weighted by molar-refractivity contribution is 0.0880. The van der Waals surface area contributed by atoms with E-state index in [-0.39, 0.29) is 47.2 Å². The van der Waals surface area contributed by atoms with Gasteiger partial charge in [0.2, 0.25) is 0 Å². The minimum absolute atomic E-state index is 0.0183. The van der Waals surface area contributed by atoms with Crippen molar-refractivity contribution in [2.75, 3.05) is 11.5 Å². The lowest BCUT2D eigenvalue weighted by atomic mass is 9.94. The summed E-state index contributed by atoms with van der Waals surface area (Å²) in [6, 6.07) is 16.1. The van der Waals surface area contributed by atoms with Crippen LogP contribution in [-0.2, 0) is 9.84 Å². The summed E-state index contributed by atoms with van der Waals surface area (Å²) in [6.45, 7) is 0. The van der Waals surface area contributed by atoms with Crippen LogP contribution < -0.4 is 5.32 Å². The number of benzene rings is 3. The molecule has 8 heteroatoms. The molecule has 1 saturated carbocycles. The summed E-state index contributed by atoms with van der Waals surface area (Å²) in [5.74, 6) is -0.262. The minimum Gasteiger partial charge on any atom is -0.335 e. The van der Waals surface area contributed by atoms with Gasteiger partial charge in [-0.2, -0.15) is 0 Å². The van der Waals surface area contributed by atoms with Crippen LogP contribution in [0.2, 0.25) is 0 Å². The predicted molar refractivity (Wildman–Crippen MR) is 133 cm³/mol. The number of amides is 2. The molecule has 2 amide bonds. The number of para-hydroxylation sites is 2. The fraction of sp³-hybridized carbons (Fsp3) is 0.259. The Labute approximate surface area is 199 Å². The van der Waals surface area contributed by atoms with Gasteiger partial charge >= 0.3 is 0 Å². The van der Waals surface area contributed by atoms with Gasteiger partial charge in [-0.05, 0) is 30.4 Å². The van der Waals surface area contributed by atoms with E-state index in [1.165, 1.54) is 0 Å². The number of carbonyl (C=O) groups is 2. The zero-order valence-corrected chi connectivity index (χ0v) is 19.3. The van der Waals surface area contributed by atoms with Crippen molar-refractivity contribution < 1.29 is 18.0 Å². The maximum absolute atomic E-state index is 13.2. The highest BCUT2D eigenvalue weighted by molar-refractivity contribution is 7.91. The van der Waals surface area contributed by atoms with E-state index in [2.05, 4.69) is 26.6 Å². The molecule has 0 spiro atoms. The number of carbonyl (C=O) groups excluding carboxylic acids is 2. The molecule has 1 aliphatic carbocycles. The molecule has 2 fully saturated rings. The molecule has 2 bridgehead atoms. The van der Waals surface area contributed by atoms with Crippen LogP contribution in [0.5, 0.6) is 0 Å². The average Bonchev–Trinajstić information content (AvgIpc) is 3.56. The lowest BCUT2D eigenvalue weighted by Crippen LogP contribution is -2.21. The number of nitrogens with zero attached hydrogens (tertiary/aromatic N) is 2. The highest BCUT2D eigenvalue weighted by Gasteiger charge is 2.55. The maximum Gasteiger partial charge on any atom is 0.259 e. The van der Waals surface area contributed by atoms with E-state index in [1.54, 1.807) is 0 Å². The van der Waals surface area contributed by atoms with Gasteiger partial charge in [0.15, 0.2) is 9.84 Å². The number of fused-ring (bicyclic) bond motifs is 11. The zero-order chi connectivity index (χ0) is 23.4. The Kier molecular flexibility index (Phi) is 2.98. The van der Waals surface area contributed by atoms with Crippen LogP contribution in [0.4, 0.5) is 0 Å². The Morgan fingerprint density at radius 1 is 0.714 bits per heavy atom. The number of aromatic nitrogens is 2. The van der Waals surface area contributed by atoms with Crippen LogP contribution in [0.15, 0.2) is 48.5 Å². The van der Waals surface area contributed by atoms with Crippen molar-refractivity contribution in [3.8, 4) is 0 Å². The van der Waals surface area contributed by atoms with Gasteiger partial charge in [-0.3, -0.25) is 14.9 Å². The summed E-state index contributed by atoms with van der Waals surface area (Å²) >= 11 is 0. The molecular formula is C27H19N3O4S. The first-order valence-corrected chi connectivity index (χ1v) is 13.8. The van der Waals surface area contributed by atoms with Crippen molar-refractivity contribution in [3.05, 3.63) is 59.7 Å². The van der Waals surface area contributed by atoms with Gasteiger partial charge in [0.25, 0.3) is 11.8 Å². The van der Waals surface area contributed by atoms with Gasteiger partial charge in [-0.15, -0.1) is 0 Å². The maximum atomic E-state index is 13.2. The Balaban J connectivity index is 1.63. The van der Waals surface area contributed by atoms with E-state index in [0.29, 0.717) is 11.1 Å². The first-order valence-electron chi connectivity index (χ1n) is 12.0. The lowest BCUT2D eigenvalue weighted by Gasteiger charge is -2.24. The summed E-state index contributed by atoms with van der Waals surface area (Å²) in [5, 5.41) is 6.05. The third-order valence-electron chi connectivity index (χ3n) is 9.05. The second-order valence-electron chi connectivity index (χ2n) is 10.5. The molecule has 4 aliphatic rings.